The third kappa shape index (κ3) is 13.0. The molecule has 1 aliphatic carbocycles. The van der Waals surface area contributed by atoms with Crippen molar-refractivity contribution in [3.8, 4) is 0 Å². The Labute approximate surface area is 252 Å². The molecule has 1 aromatic carbocycles. The molecule has 1 fully saturated rings. The van der Waals surface area contributed by atoms with E-state index in [4.69, 9.17) is 21.1 Å². The van der Waals surface area contributed by atoms with Crippen molar-refractivity contribution in [1.82, 2.24) is 26.2 Å². The summed E-state index contributed by atoms with van der Waals surface area (Å²) in [5.41, 5.74) is 0.700. The van der Waals surface area contributed by atoms with Gasteiger partial charge in [0.25, 0.3) is 0 Å². The number of urea groups is 1. The highest BCUT2D eigenvalue weighted by Gasteiger charge is 2.30. The van der Waals surface area contributed by atoms with E-state index in [0.29, 0.717) is 23.6 Å². The van der Waals surface area contributed by atoms with Gasteiger partial charge >= 0.3 is 18.1 Å². The average molecular weight is 610 g/mol. The first-order valence-electron chi connectivity index (χ1n) is 14.4. The largest absolute Gasteiger partial charge is 0.467 e. The van der Waals surface area contributed by atoms with Crippen LogP contribution in [0.4, 0.5) is 9.59 Å². The lowest BCUT2D eigenvalue weighted by molar-refractivity contribution is -0.145. The highest BCUT2D eigenvalue weighted by Crippen LogP contribution is 2.27. The molecular formula is C29H44ClN5O7. The van der Waals surface area contributed by atoms with Crippen LogP contribution in [-0.4, -0.2) is 80.7 Å². The van der Waals surface area contributed by atoms with E-state index in [2.05, 4.69) is 21.3 Å². The van der Waals surface area contributed by atoms with Gasteiger partial charge in [0.1, 0.15) is 18.7 Å². The summed E-state index contributed by atoms with van der Waals surface area (Å²) >= 11 is 6.00. The van der Waals surface area contributed by atoms with Gasteiger partial charge in [0.15, 0.2) is 0 Å². The first-order chi connectivity index (χ1) is 20.1. The Morgan fingerprint density at radius 1 is 1.05 bits per heavy atom. The molecule has 0 aromatic heterocycles. The molecule has 2 atom stereocenters. The molecule has 0 spiro atoms. The predicted octanol–water partition coefficient (Wildman–Crippen LogP) is 3.12. The number of ether oxygens (including phenoxy) is 2. The van der Waals surface area contributed by atoms with E-state index in [-0.39, 0.29) is 50.4 Å². The summed E-state index contributed by atoms with van der Waals surface area (Å²) in [6.07, 6.45) is 4.72. The molecule has 0 unspecified atom stereocenters. The summed E-state index contributed by atoms with van der Waals surface area (Å²) in [7, 11) is 2.79. The summed E-state index contributed by atoms with van der Waals surface area (Å²) in [6, 6.07) is 4.56. The van der Waals surface area contributed by atoms with Crippen molar-refractivity contribution < 1.29 is 33.4 Å². The molecule has 5 amide bonds. The van der Waals surface area contributed by atoms with Gasteiger partial charge in [-0.25, -0.2) is 14.4 Å². The third-order valence-electron chi connectivity index (χ3n) is 7.11. The molecule has 42 heavy (non-hydrogen) atoms. The second kappa shape index (κ2) is 18.8. The van der Waals surface area contributed by atoms with Crippen LogP contribution in [0.25, 0.3) is 0 Å². The lowest BCUT2D eigenvalue weighted by Crippen LogP contribution is -2.52. The number of nitrogens with zero attached hydrogens (tertiary/aromatic N) is 1. The van der Waals surface area contributed by atoms with E-state index in [1.807, 2.05) is 0 Å². The Morgan fingerprint density at radius 3 is 2.45 bits per heavy atom. The normalized spacial score (nSPS) is 14.6. The number of esters is 1. The van der Waals surface area contributed by atoms with Crippen LogP contribution in [0.15, 0.2) is 24.3 Å². The number of hydrogen-bond acceptors (Lipinski definition) is 7. The molecule has 4 N–H and O–H groups in total. The predicted molar refractivity (Wildman–Crippen MR) is 158 cm³/mol. The molecule has 0 heterocycles. The molecule has 0 saturated heterocycles. The standard InChI is InChI=1S/C29H44ClN5O7/c1-4-31-28(39)32-15-16-35(2)25(36)14-13-23(27(38)41-3)33-26(37)24(18-20-9-6-5-7-10-20)34-29(40)42-19-21-11-8-12-22(30)17-21/h8,11-12,17,20,23-24H,4-7,9-10,13-16,18-19H2,1-3H3,(H,33,37)(H,34,40)(H2,31,32,39)/t23-,24-/m0/s1. The van der Waals surface area contributed by atoms with Crippen molar-refractivity contribution in [2.75, 3.05) is 33.8 Å². The zero-order chi connectivity index (χ0) is 30.9. The van der Waals surface area contributed by atoms with Gasteiger partial charge in [0.05, 0.1) is 7.11 Å². The van der Waals surface area contributed by atoms with E-state index in [1.165, 1.54) is 12.0 Å². The van der Waals surface area contributed by atoms with Gasteiger partial charge in [0, 0.05) is 38.1 Å². The van der Waals surface area contributed by atoms with Crippen molar-refractivity contribution in [3.63, 3.8) is 0 Å². The smallest absolute Gasteiger partial charge is 0.408 e. The maximum atomic E-state index is 13.4. The number of nitrogens with one attached hydrogen (secondary N) is 4. The van der Waals surface area contributed by atoms with Gasteiger partial charge in [-0.15, -0.1) is 0 Å². The minimum atomic E-state index is -1.09. The van der Waals surface area contributed by atoms with Crippen LogP contribution in [0.1, 0.15) is 63.9 Å². The van der Waals surface area contributed by atoms with Crippen LogP contribution >= 0.6 is 11.6 Å². The molecular weight excluding hydrogens is 566 g/mol. The van der Waals surface area contributed by atoms with Crippen LogP contribution in [-0.2, 0) is 30.5 Å². The molecule has 1 aromatic rings. The Kier molecular flexibility index (Phi) is 15.5. The summed E-state index contributed by atoms with van der Waals surface area (Å²) in [4.78, 5) is 64.2. The first kappa shape index (κ1) is 34.7. The van der Waals surface area contributed by atoms with E-state index < -0.39 is 30.1 Å². The lowest BCUT2D eigenvalue weighted by atomic mass is 9.84. The molecule has 12 nitrogen and oxygen atoms in total. The fourth-order valence-corrected chi connectivity index (χ4v) is 4.97. The van der Waals surface area contributed by atoms with Crippen molar-refractivity contribution in [3.05, 3.63) is 34.9 Å². The van der Waals surface area contributed by atoms with E-state index >= 15 is 0 Å². The topological polar surface area (TPSA) is 155 Å². The fraction of sp³-hybridized carbons (Fsp3) is 0.621. The maximum Gasteiger partial charge on any atom is 0.408 e. The van der Waals surface area contributed by atoms with E-state index in [1.54, 1.807) is 38.2 Å². The maximum absolute atomic E-state index is 13.4. The van der Waals surface area contributed by atoms with Crippen LogP contribution in [0.3, 0.4) is 0 Å². The molecule has 13 heteroatoms. The van der Waals surface area contributed by atoms with Crippen molar-refractivity contribution in [1.29, 1.82) is 0 Å². The number of alkyl carbamates (subject to hydrolysis) is 1. The van der Waals surface area contributed by atoms with Crippen molar-refractivity contribution in [2.24, 2.45) is 5.92 Å². The van der Waals surface area contributed by atoms with Crippen molar-refractivity contribution >= 4 is 41.5 Å². The second-order valence-electron chi connectivity index (χ2n) is 10.4. The quantitative estimate of drug-likeness (QED) is 0.223. The summed E-state index contributed by atoms with van der Waals surface area (Å²) in [6.45, 7) is 2.79. The van der Waals surface area contributed by atoms with Gasteiger partial charge in [0.2, 0.25) is 11.8 Å². The summed E-state index contributed by atoms with van der Waals surface area (Å²) in [5.74, 6) is -1.28. The fourth-order valence-electron chi connectivity index (χ4n) is 4.75. The Hall–Kier alpha value is -3.54. The second-order valence-corrected chi connectivity index (χ2v) is 10.8. The van der Waals surface area contributed by atoms with Gasteiger partial charge in [-0.1, -0.05) is 55.8 Å². The molecule has 0 radical (unpaired) electrons. The molecule has 234 valence electrons. The minimum Gasteiger partial charge on any atom is -0.467 e. The van der Waals surface area contributed by atoms with Gasteiger partial charge in [-0.05, 0) is 43.4 Å². The van der Waals surface area contributed by atoms with Crippen LogP contribution < -0.4 is 21.3 Å². The zero-order valence-electron chi connectivity index (χ0n) is 24.7. The third-order valence-corrected chi connectivity index (χ3v) is 7.34. The van der Waals surface area contributed by atoms with Gasteiger partial charge < -0.3 is 35.6 Å². The first-order valence-corrected chi connectivity index (χ1v) is 14.8. The number of halogens is 1. The number of rotatable bonds is 15. The zero-order valence-corrected chi connectivity index (χ0v) is 25.5. The lowest BCUT2D eigenvalue weighted by Gasteiger charge is -2.27. The number of carbonyl (C=O) groups is 5. The SMILES string of the molecule is CCNC(=O)NCCN(C)C(=O)CC[C@H](NC(=O)[C@H](CC1CCCCC1)NC(=O)OCc1cccc(Cl)c1)C(=O)OC. The van der Waals surface area contributed by atoms with Gasteiger partial charge in [-0.3, -0.25) is 9.59 Å². The van der Waals surface area contributed by atoms with E-state index in [0.717, 1.165) is 32.1 Å². The molecule has 0 aliphatic heterocycles. The van der Waals surface area contributed by atoms with E-state index in [9.17, 15) is 24.0 Å². The Morgan fingerprint density at radius 2 is 1.79 bits per heavy atom. The van der Waals surface area contributed by atoms with Crippen molar-refractivity contribution in [2.45, 2.75) is 77.0 Å². The van der Waals surface area contributed by atoms with Crippen LogP contribution in [0.5, 0.6) is 0 Å². The molecule has 1 saturated carbocycles. The number of methoxy groups -OCH3 is 1. The van der Waals surface area contributed by atoms with Crippen LogP contribution in [0, 0.1) is 5.92 Å². The average Bonchev–Trinajstić information content (AvgIpc) is 2.97. The number of amides is 5. The Bertz CT molecular complexity index is 1050. The number of benzene rings is 1. The monoisotopic (exact) mass is 609 g/mol. The Balaban J connectivity index is 1.98. The highest BCUT2D eigenvalue weighted by atomic mass is 35.5. The molecule has 2 rings (SSSR count). The molecule has 0 bridgehead atoms. The number of carbonyl (C=O) groups excluding carboxylic acids is 5. The summed E-state index contributed by atoms with van der Waals surface area (Å²) < 4.78 is 10.2. The number of likely N-dealkylation sites (N-methyl/N-ethyl adjacent to an activating group) is 1. The molecule has 1 aliphatic rings. The number of hydrogen-bond donors (Lipinski definition) is 4. The highest BCUT2D eigenvalue weighted by molar-refractivity contribution is 6.30. The van der Waals surface area contributed by atoms with Crippen LogP contribution in [0.2, 0.25) is 5.02 Å². The summed E-state index contributed by atoms with van der Waals surface area (Å²) in [5, 5.41) is 11.1. The minimum absolute atomic E-state index is 0.000692. The van der Waals surface area contributed by atoms with Gasteiger partial charge in [-0.2, -0.15) is 0 Å².